The molecule has 0 spiro atoms. The molecule has 0 unspecified atom stereocenters. The third kappa shape index (κ3) is 5.50. The van der Waals surface area contributed by atoms with Crippen molar-refractivity contribution in [3.05, 3.63) is 28.8 Å². The first-order valence-electron chi connectivity index (χ1n) is 5.74. The van der Waals surface area contributed by atoms with Crippen LogP contribution in [0.1, 0.15) is 10.4 Å². The number of alkyl halides is 3. The molecule has 0 aliphatic rings. The summed E-state index contributed by atoms with van der Waals surface area (Å²) >= 11 is 5.77. The van der Waals surface area contributed by atoms with Gasteiger partial charge in [0.05, 0.1) is 17.3 Å². The summed E-state index contributed by atoms with van der Waals surface area (Å²) in [5.74, 6) is -1.47. The molecule has 0 aromatic heterocycles. The molecule has 116 valence electrons. The summed E-state index contributed by atoms with van der Waals surface area (Å²) in [5.41, 5.74) is 5.97. The number of likely N-dealkylation sites (N-methyl/N-ethyl adjacent to an activating group) is 1. The maximum Gasteiger partial charge on any atom is 0.405 e. The lowest BCUT2D eigenvalue weighted by Crippen LogP contribution is -2.41. The van der Waals surface area contributed by atoms with E-state index in [0.717, 1.165) is 4.90 Å². The fourth-order valence-electron chi connectivity index (χ4n) is 1.42. The summed E-state index contributed by atoms with van der Waals surface area (Å²) in [5, 5.41) is 1.85. The standard InChI is InChI=1S/C12H13ClF3N3O2/c1-19(5-10(20)18-6-12(14,15)16)11(21)7-2-3-9(17)8(13)4-7/h2-4H,5-6,17H2,1H3,(H,18,20). The van der Waals surface area contributed by atoms with Gasteiger partial charge in [-0.25, -0.2) is 0 Å². The van der Waals surface area contributed by atoms with Gasteiger partial charge in [0.15, 0.2) is 0 Å². The molecule has 5 nitrogen and oxygen atoms in total. The molecule has 21 heavy (non-hydrogen) atoms. The van der Waals surface area contributed by atoms with E-state index in [0.29, 0.717) is 5.69 Å². The van der Waals surface area contributed by atoms with Crippen LogP contribution in [0.15, 0.2) is 18.2 Å². The van der Waals surface area contributed by atoms with Crippen LogP contribution in [0.2, 0.25) is 5.02 Å². The Hall–Kier alpha value is -1.96. The SMILES string of the molecule is CN(CC(=O)NCC(F)(F)F)C(=O)c1ccc(N)c(Cl)c1. The number of nitrogens with two attached hydrogens (primary N) is 1. The molecular formula is C12H13ClF3N3O2. The van der Waals surface area contributed by atoms with E-state index in [4.69, 9.17) is 17.3 Å². The number of amides is 2. The Labute approximate surface area is 123 Å². The molecule has 0 bridgehead atoms. The zero-order chi connectivity index (χ0) is 16.2. The smallest absolute Gasteiger partial charge is 0.398 e. The molecule has 0 aliphatic heterocycles. The van der Waals surface area contributed by atoms with Gasteiger partial charge in [-0.1, -0.05) is 11.6 Å². The Morgan fingerprint density at radius 1 is 1.38 bits per heavy atom. The first-order valence-corrected chi connectivity index (χ1v) is 6.12. The predicted octanol–water partition coefficient (Wildman–Crippen LogP) is 1.67. The Balaban J connectivity index is 2.62. The van der Waals surface area contributed by atoms with Gasteiger partial charge in [0.2, 0.25) is 5.91 Å². The second-order valence-corrected chi connectivity index (χ2v) is 4.70. The van der Waals surface area contributed by atoms with Crippen molar-refractivity contribution in [2.75, 3.05) is 25.9 Å². The highest BCUT2D eigenvalue weighted by molar-refractivity contribution is 6.33. The van der Waals surface area contributed by atoms with Crippen molar-refractivity contribution in [2.24, 2.45) is 0 Å². The molecule has 0 heterocycles. The summed E-state index contributed by atoms with van der Waals surface area (Å²) in [4.78, 5) is 24.3. The van der Waals surface area contributed by atoms with Crippen LogP contribution in [0.3, 0.4) is 0 Å². The highest BCUT2D eigenvalue weighted by Gasteiger charge is 2.28. The third-order valence-electron chi connectivity index (χ3n) is 2.46. The Bertz CT molecular complexity index is 549. The van der Waals surface area contributed by atoms with Crippen molar-refractivity contribution >= 4 is 29.1 Å². The van der Waals surface area contributed by atoms with E-state index in [1.807, 2.05) is 0 Å². The van der Waals surface area contributed by atoms with Crippen LogP contribution in [0.4, 0.5) is 18.9 Å². The molecule has 1 rings (SSSR count). The number of benzene rings is 1. The number of carbonyl (C=O) groups excluding carboxylic acids is 2. The lowest BCUT2D eigenvalue weighted by molar-refractivity contribution is -0.138. The molecule has 0 radical (unpaired) electrons. The molecule has 0 saturated heterocycles. The minimum absolute atomic E-state index is 0.177. The van der Waals surface area contributed by atoms with Crippen LogP contribution in [0, 0.1) is 0 Å². The van der Waals surface area contributed by atoms with Gasteiger partial charge in [-0.05, 0) is 18.2 Å². The Morgan fingerprint density at radius 2 is 2.00 bits per heavy atom. The van der Waals surface area contributed by atoms with Crippen LogP contribution >= 0.6 is 11.6 Å². The van der Waals surface area contributed by atoms with Crippen molar-refractivity contribution in [3.8, 4) is 0 Å². The number of nitrogens with one attached hydrogen (secondary N) is 1. The van der Waals surface area contributed by atoms with Crippen LogP contribution in [-0.4, -0.2) is 43.0 Å². The molecule has 0 aliphatic carbocycles. The molecular weight excluding hydrogens is 311 g/mol. The van der Waals surface area contributed by atoms with E-state index >= 15 is 0 Å². The molecule has 3 N–H and O–H groups in total. The summed E-state index contributed by atoms with van der Waals surface area (Å²) in [6.45, 7) is -1.95. The topological polar surface area (TPSA) is 75.4 Å². The van der Waals surface area contributed by atoms with Gasteiger partial charge in [-0.3, -0.25) is 9.59 Å². The minimum Gasteiger partial charge on any atom is -0.398 e. The van der Waals surface area contributed by atoms with E-state index in [-0.39, 0.29) is 10.6 Å². The fourth-order valence-corrected chi connectivity index (χ4v) is 1.60. The maximum atomic E-state index is 12.0. The van der Waals surface area contributed by atoms with Gasteiger partial charge < -0.3 is 16.0 Å². The van der Waals surface area contributed by atoms with Gasteiger partial charge >= 0.3 is 6.18 Å². The number of nitrogen functional groups attached to an aromatic ring is 1. The van der Waals surface area contributed by atoms with Gasteiger partial charge in [0.25, 0.3) is 5.91 Å². The van der Waals surface area contributed by atoms with Gasteiger partial charge in [0, 0.05) is 12.6 Å². The van der Waals surface area contributed by atoms with E-state index in [9.17, 15) is 22.8 Å². The minimum atomic E-state index is -4.50. The average molecular weight is 324 g/mol. The Kier molecular flexibility index (Phi) is 5.42. The number of carbonyl (C=O) groups is 2. The van der Waals surface area contributed by atoms with E-state index in [1.54, 1.807) is 5.32 Å². The second kappa shape index (κ2) is 6.66. The quantitative estimate of drug-likeness (QED) is 0.828. The number of halogens is 4. The molecule has 1 aromatic carbocycles. The van der Waals surface area contributed by atoms with E-state index < -0.39 is 31.1 Å². The normalized spacial score (nSPS) is 11.1. The monoisotopic (exact) mass is 323 g/mol. The summed E-state index contributed by atoms with van der Waals surface area (Å²) in [6, 6.07) is 4.16. The number of hydrogen-bond donors (Lipinski definition) is 2. The summed E-state index contributed by atoms with van der Waals surface area (Å²) in [7, 11) is 1.29. The van der Waals surface area contributed by atoms with E-state index in [2.05, 4.69) is 0 Å². The number of nitrogens with zero attached hydrogens (tertiary/aromatic N) is 1. The highest BCUT2D eigenvalue weighted by atomic mass is 35.5. The van der Waals surface area contributed by atoms with E-state index in [1.165, 1.54) is 25.2 Å². The van der Waals surface area contributed by atoms with Gasteiger partial charge in [0.1, 0.15) is 6.54 Å². The molecule has 0 fully saturated rings. The molecule has 2 amide bonds. The third-order valence-corrected chi connectivity index (χ3v) is 2.79. The van der Waals surface area contributed by atoms with Crippen LogP contribution in [0.25, 0.3) is 0 Å². The average Bonchev–Trinajstić information content (AvgIpc) is 2.38. The molecule has 0 saturated carbocycles. The van der Waals surface area contributed by atoms with Crippen LogP contribution in [0.5, 0.6) is 0 Å². The van der Waals surface area contributed by atoms with Crippen molar-refractivity contribution in [3.63, 3.8) is 0 Å². The number of anilines is 1. The molecule has 0 atom stereocenters. The van der Waals surface area contributed by atoms with Crippen molar-refractivity contribution in [1.82, 2.24) is 10.2 Å². The number of rotatable bonds is 4. The second-order valence-electron chi connectivity index (χ2n) is 4.29. The van der Waals surface area contributed by atoms with Crippen molar-refractivity contribution in [2.45, 2.75) is 6.18 Å². The lowest BCUT2D eigenvalue weighted by atomic mass is 10.2. The van der Waals surface area contributed by atoms with Crippen LogP contribution < -0.4 is 11.1 Å². The fraction of sp³-hybridized carbons (Fsp3) is 0.333. The summed E-state index contributed by atoms with van der Waals surface area (Å²) < 4.78 is 35.8. The molecule has 9 heteroatoms. The van der Waals surface area contributed by atoms with Gasteiger partial charge in [-0.2, -0.15) is 13.2 Å². The number of hydrogen-bond acceptors (Lipinski definition) is 3. The zero-order valence-corrected chi connectivity index (χ0v) is 11.8. The molecule has 1 aromatic rings. The van der Waals surface area contributed by atoms with Crippen molar-refractivity contribution < 1.29 is 22.8 Å². The Morgan fingerprint density at radius 3 is 2.52 bits per heavy atom. The maximum absolute atomic E-state index is 12.0. The predicted molar refractivity (Wildman–Crippen MR) is 71.9 cm³/mol. The largest absolute Gasteiger partial charge is 0.405 e. The first kappa shape index (κ1) is 17.1. The van der Waals surface area contributed by atoms with Gasteiger partial charge in [-0.15, -0.1) is 0 Å². The zero-order valence-electron chi connectivity index (χ0n) is 11.0. The first-order chi connectivity index (χ1) is 9.60. The van der Waals surface area contributed by atoms with Crippen LogP contribution in [-0.2, 0) is 4.79 Å². The van der Waals surface area contributed by atoms with Crippen molar-refractivity contribution in [1.29, 1.82) is 0 Å². The lowest BCUT2D eigenvalue weighted by Gasteiger charge is -2.17. The highest BCUT2D eigenvalue weighted by Crippen LogP contribution is 2.20. The summed E-state index contributed by atoms with van der Waals surface area (Å²) in [6.07, 6.45) is -4.50.